The summed E-state index contributed by atoms with van der Waals surface area (Å²) in [6.45, 7) is 2.85. The molecule has 0 unspecified atom stereocenters. The van der Waals surface area contributed by atoms with Crippen LogP contribution in [0, 0.1) is 0 Å². The van der Waals surface area contributed by atoms with E-state index >= 15 is 0 Å². The molecule has 0 radical (unpaired) electrons. The highest BCUT2D eigenvalue weighted by Crippen LogP contribution is 2.23. The van der Waals surface area contributed by atoms with Gasteiger partial charge in [-0.05, 0) is 34.5 Å². The topological polar surface area (TPSA) is 65.1 Å². The molecule has 3 aromatic rings. The Bertz CT molecular complexity index is 972. The van der Waals surface area contributed by atoms with E-state index in [1.54, 1.807) is 27.0 Å². The van der Waals surface area contributed by atoms with Crippen molar-refractivity contribution in [2.45, 2.75) is 26.2 Å². The van der Waals surface area contributed by atoms with Gasteiger partial charge in [0.05, 0.1) is 10.7 Å². The van der Waals surface area contributed by atoms with Crippen LogP contribution in [-0.2, 0) is 7.05 Å². The lowest BCUT2D eigenvalue weighted by atomic mass is 10.2. The van der Waals surface area contributed by atoms with E-state index in [4.69, 9.17) is 0 Å². The molecule has 0 aliphatic carbocycles. The largest absolute Gasteiger partial charge is 0.283 e. The molecule has 3 aromatic heterocycles. The monoisotopic (exact) mass is 433 g/mol. The number of thiazole rings is 1. The average molecular weight is 434 g/mol. The van der Waals surface area contributed by atoms with Crippen LogP contribution in [0.2, 0.25) is 0 Å². The van der Waals surface area contributed by atoms with Gasteiger partial charge in [0.1, 0.15) is 16.2 Å². The lowest BCUT2D eigenvalue weighted by molar-refractivity contribution is 0.0950. The number of hydrogen-bond donors (Lipinski definition) is 0. The molecule has 8 heteroatoms. The van der Waals surface area contributed by atoms with Gasteiger partial charge in [-0.15, -0.1) is 11.3 Å². The number of aromatic nitrogens is 4. The van der Waals surface area contributed by atoms with Crippen LogP contribution in [0.1, 0.15) is 36.7 Å². The number of hydrogen-bond acceptors (Lipinski definition) is 5. The van der Waals surface area contributed by atoms with Crippen LogP contribution >= 0.6 is 27.3 Å². The Hall–Kier alpha value is -2.06. The van der Waals surface area contributed by atoms with Gasteiger partial charge >= 0.3 is 0 Å². The molecule has 0 N–H and O–H groups in total. The Labute approximate surface area is 164 Å². The predicted molar refractivity (Wildman–Crippen MR) is 106 cm³/mol. The van der Waals surface area contributed by atoms with Crippen LogP contribution in [0.4, 0.5) is 0 Å². The Morgan fingerprint density at radius 2 is 2.23 bits per heavy atom. The van der Waals surface area contributed by atoms with Crippen molar-refractivity contribution in [2.75, 3.05) is 6.54 Å². The van der Waals surface area contributed by atoms with Crippen LogP contribution in [0.25, 0.3) is 10.6 Å². The van der Waals surface area contributed by atoms with E-state index < -0.39 is 0 Å². The zero-order valence-corrected chi connectivity index (χ0v) is 17.1. The lowest BCUT2D eigenvalue weighted by Crippen LogP contribution is -2.29. The summed E-state index contributed by atoms with van der Waals surface area (Å²) < 4.78 is 4.07. The summed E-state index contributed by atoms with van der Waals surface area (Å²) in [4.78, 5) is 22.1. The third kappa shape index (κ3) is 4.19. The molecule has 0 spiro atoms. The molecule has 0 aliphatic rings. The quantitative estimate of drug-likeness (QED) is 0.553. The summed E-state index contributed by atoms with van der Waals surface area (Å²) in [7, 11) is 1.85. The van der Waals surface area contributed by atoms with Crippen molar-refractivity contribution in [2.24, 2.45) is 12.0 Å². The maximum absolute atomic E-state index is 13.0. The Morgan fingerprint density at radius 3 is 2.96 bits per heavy atom. The summed E-state index contributed by atoms with van der Waals surface area (Å²) in [5.74, 6) is -0.188. The van der Waals surface area contributed by atoms with Gasteiger partial charge in [0.15, 0.2) is 0 Å². The number of aryl methyl sites for hydroxylation is 1. The van der Waals surface area contributed by atoms with Crippen molar-refractivity contribution >= 4 is 33.2 Å². The van der Waals surface area contributed by atoms with Crippen molar-refractivity contribution in [1.29, 1.82) is 0 Å². The van der Waals surface area contributed by atoms with Gasteiger partial charge in [0.2, 0.25) is 0 Å². The predicted octanol–water partition coefficient (Wildman–Crippen LogP) is 3.89. The van der Waals surface area contributed by atoms with Gasteiger partial charge in [-0.25, -0.2) is 4.98 Å². The first-order chi connectivity index (χ1) is 12.6. The number of unbranched alkanes of at least 4 members (excludes halogenated alkanes) is 2. The number of pyridine rings is 1. The number of carbonyl (C=O) groups excluding carboxylic acids is 1. The SMILES string of the molecule is CCCCCN=c1c(Br)cccn1C(=O)c1csc(-c2cnn(C)c2)n1. The molecule has 3 rings (SSSR count). The van der Waals surface area contributed by atoms with Gasteiger partial charge in [-0.2, -0.15) is 5.10 Å². The van der Waals surface area contributed by atoms with Crippen molar-refractivity contribution < 1.29 is 4.79 Å². The molecule has 0 saturated carbocycles. The van der Waals surface area contributed by atoms with E-state index in [0.29, 0.717) is 17.7 Å². The van der Waals surface area contributed by atoms with Crippen molar-refractivity contribution in [3.63, 3.8) is 0 Å². The summed E-state index contributed by atoms with van der Waals surface area (Å²) in [6.07, 6.45) is 8.63. The number of nitrogens with zero attached hydrogens (tertiary/aromatic N) is 5. The van der Waals surface area contributed by atoms with Gasteiger partial charge < -0.3 is 0 Å². The molecule has 3 heterocycles. The van der Waals surface area contributed by atoms with E-state index in [2.05, 4.69) is 37.9 Å². The molecular formula is C18H20BrN5OS. The van der Waals surface area contributed by atoms with Crippen LogP contribution < -0.4 is 5.49 Å². The minimum atomic E-state index is -0.188. The summed E-state index contributed by atoms with van der Waals surface area (Å²) in [5.41, 5.74) is 1.94. The Morgan fingerprint density at radius 1 is 1.38 bits per heavy atom. The summed E-state index contributed by atoms with van der Waals surface area (Å²) >= 11 is 4.94. The maximum atomic E-state index is 13.0. The van der Waals surface area contributed by atoms with Gasteiger partial charge in [0, 0.05) is 36.9 Å². The Balaban J connectivity index is 1.91. The van der Waals surface area contributed by atoms with E-state index in [-0.39, 0.29) is 5.91 Å². The van der Waals surface area contributed by atoms with E-state index in [1.165, 1.54) is 11.3 Å². The van der Waals surface area contributed by atoms with Gasteiger partial charge in [-0.1, -0.05) is 19.8 Å². The molecule has 0 bridgehead atoms. The lowest BCUT2D eigenvalue weighted by Gasteiger charge is -2.06. The van der Waals surface area contributed by atoms with Gasteiger partial charge in [0.25, 0.3) is 5.91 Å². The van der Waals surface area contributed by atoms with Crippen LogP contribution in [0.5, 0.6) is 0 Å². The first-order valence-corrected chi connectivity index (χ1v) is 10.1. The molecule has 0 aliphatic heterocycles. The summed E-state index contributed by atoms with van der Waals surface area (Å²) in [6, 6.07) is 3.71. The highest BCUT2D eigenvalue weighted by Gasteiger charge is 2.15. The second-order valence-electron chi connectivity index (χ2n) is 5.88. The number of carbonyl (C=O) groups is 1. The second-order valence-corrected chi connectivity index (χ2v) is 7.60. The minimum absolute atomic E-state index is 0.188. The molecule has 136 valence electrons. The third-order valence-electron chi connectivity index (χ3n) is 3.84. The fraction of sp³-hybridized carbons (Fsp3) is 0.333. The third-order valence-corrected chi connectivity index (χ3v) is 5.35. The van der Waals surface area contributed by atoms with Crippen molar-refractivity contribution in [3.05, 3.63) is 51.8 Å². The standard InChI is InChI=1S/C18H20BrN5OS/c1-3-4-5-8-20-16-14(19)7-6-9-24(16)18(25)15-12-26-17(22-15)13-10-21-23(2)11-13/h6-7,9-12H,3-5,8H2,1-2H3. The fourth-order valence-electron chi connectivity index (χ4n) is 2.50. The first kappa shape index (κ1) is 18.7. The second kappa shape index (κ2) is 8.55. The fourth-order valence-corrected chi connectivity index (χ4v) is 3.73. The Kier molecular flexibility index (Phi) is 6.16. The van der Waals surface area contributed by atoms with Gasteiger partial charge in [-0.3, -0.25) is 19.0 Å². The van der Waals surface area contributed by atoms with Crippen LogP contribution in [0.3, 0.4) is 0 Å². The van der Waals surface area contributed by atoms with Crippen LogP contribution in [0.15, 0.2) is 45.6 Å². The zero-order chi connectivity index (χ0) is 18.5. The average Bonchev–Trinajstić information content (AvgIpc) is 3.28. The highest BCUT2D eigenvalue weighted by molar-refractivity contribution is 9.10. The minimum Gasteiger partial charge on any atom is -0.275 e. The molecule has 26 heavy (non-hydrogen) atoms. The molecule has 0 fully saturated rings. The van der Waals surface area contributed by atoms with Crippen molar-refractivity contribution in [1.82, 2.24) is 19.3 Å². The number of rotatable bonds is 6. The molecule has 0 saturated heterocycles. The molecule has 6 nitrogen and oxygen atoms in total. The summed E-state index contributed by atoms with van der Waals surface area (Å²) in [5, 5.41) is 6.71. The smallest absolute Gasteiger partial charge is 0.275 e. The highest BCUT2D eigenvalue weighted by atomic mass is 79.9. The van der Waals surface area contributed by atoms with Crippen LogP contribution in [-0.4, -0.2) is 31.8 Å². The van der Waals surface area contributed by atoms with E-state index in [0.717, 1.165) is 34.3 Å². The molecule has 0 aromatic carbocycles. The number of halogens is 1. The zero-order valence-electron chi connectivity index (χ0n) is 14.7. The molecule has 0 atom stereocenters. The molecular weight excluding hydrogens is 414 g/mol. The maximum Gasteiger partial charge on any atom is 0.283 e. The first-order valence-electron chi connectivity index (χ1n) is 8.47. The van der Waals surface area contributed by atoms with Crippen molar-refractivity contribution in [3.8, 4) is 10.6 Å². The normalized spacial score (nSPS) is 11.9. The molecule has 0 amide bonds. The van der Waals surface area contributed by atoms with E-state index in [9.17, 15) is 4.79 Å². The van der Waals surface area contributed by atoms with E-state index in [1.807, 2.05) is 25.4 Å².